The van der Waals surface area contributed by atoms with Crippen molar-refractivity contribution in [2.24, 2.45) is 0 Å². The summed E-state index contributed by atoms with van der Waals surface area (Å²) in [4.78, 5) is 16.0. The summed E-state index contributed by atoms with van der Waals surface area (Å²) in [5, 5.41) is 9.93. The summed E-state index contributed by atoms with van der Waals surface area (Å²) in [6.45, 7) is 7.09. The van der Waals surface area contributed by atoms with E-state index >= 15 is 0 Å². The third-order valence-corrected chi connectivity index (χ3v) is 3.71. The number of hydrogen-bond donors (Lipinski definition) is 0. The maximum atomic E-state index is 12.0. The van der Waals surface area contributed by atoms with E-state index in [9.17, 15) is 4.79 Å². The number of aromatic nitrogens is 2. The van der Waals surface area contributed by atoms with E-state index in [0.29, 0.717) is 6.54 Å². The van der Waals surface area contributed by atoms with E-state index in [1.54, 1.807) is 11.3 Å². The molecule has 0 aliphatic carbocycles. The van der Waals surface area contributed by atoms with Crippen LogP contribution in [0.15, 0.2) is 0 Å². The van der Waals surface area contributed by atoms with Gasteiger partial charge in [-0.25, -0.2) is 0 Å². The number of hydrogen-bond acceptors (Lipinski definition) is 5. The van der Waals surface area contributed by atoms with Gasteiger partial charge in [0.1, 0.15) is 5.01 Å². The summed E-state index contributed by atoms with van der Waals surface area (Å²) in [5.74, 6) is 0.206. The molecule has 17 heavy (non-hydrogen) atoms. The monoisotopic (exact) mass is 254 g/mol. The predicted molar refractivity (Wildman–Crippen MR) is 68.3 cm³/mol. The van der Waals surface area contributed by atoms with Crippen molar-refractivity contribution in [3.8, 4) is 0 Å². The highest BCUT2D eigenvalue weighted by Gasteiger charge is 2.22. The maximum absolute atomic E-state index is 12.0. The summed E-state index contributed by atoms with van der Waals surface area (Å²) in [6, 6.07) is 0. The molecule has 1 aromatic rings. The lowest BCUT2D eigenvalue weighted by Gasteiger charge is -2.20. The number of aryl methyl sites for hydroxylation is 1. The standard InChI is InChI=1S/C11H18N4OS/c1-3-5-14-6-4-7-15(8-10(14)16)11-13-12-9(2)17-11/h3-8H2,1-2H3. The van der Waals surface area contributed by atoms with Crippen LogP contribution in [0.5, 0.6) is 0 Å². The maximum Gasteiger partial charge on any atom is 0.242 e. The fraction of sp³-hybridized carbons (Fsp3) is 0.727. The number of anilines is 1. The first-order valence-corrected chi connectivity index (χ1v) is 6.85. The van der Waals surface area contributed by atoms with Crippen LogP contribution in [0.4, 0.5) is 5.13 Å². The molecule has 0 saturated carbocycles. The molecule has 0 atom stereocenters. The molecule has 1 saturated heterocycles. The summed E-state index contributed by atoms with van der Waals surface area (Å²) < 4.78 is 0. The zero-order valence-electron chi connectivity index (χ0n) is 10.3. The van der Waals surface area contributed by atoms with Gasteiger partial charge in [-0.05, 0) is 19.8 Å². The Balaban J connectivity index is 2.05. The number of carbonyl (C=O) groups excluding carboxylic acids is 1. The molecule has 0 unspecified atom stereocenters. The van der Waals surface area contributed by atoms with Crippen molar-refractivity contribution < 1.29 is 4.79 Å². The molecule has 1 fully saturated rings. The van der Waals surface area contributed by atoms with Crippen molar-refractivity contribution in [3.63, 3.8) is 0 Å². The van der Waals surface area contributed by atoms with Gasteiger partial charge in [0, 0.05) is 19.6 Å². The van der Waals surface area contributed by atoms with Crippen molar-refractivity contribution in [3.05, 3.63) is 5.01 Å². The Morgan fingerprint density at radius 1 is 1.35 bits per heavy atom. The average Bonchev–Trinajstić information content (AvgIpc) is 2.64. The zero-order valence-corrected chi connectivity index (χ0v) is 11.2. The van der Waals surface area contributed by atoms with E-state index in [1.165, 1.54) is 0 Å². The second-order valence-electron chi connectivity index (χ2n) is 4.26. The molecule has 0 spiro atoms. The molecule has 1 amide bonds. The van der Waals surface area contributed by atoms with E-state index in [-0.39, 0.29) is 5.91 Å². The minimum absolute atomic E-state index is 0.206. The van der Waals surface area contributed by atoms with Crippen molar-refractivity contribution in [2.45, 2.75) is 26.7 Å². The van der Waals surface area contributed by atoms with Gasteiger partial charge in [-0.3, -0.25) is 4.79 Å². The smallest absolute Gasteiger partial charge is 0.242 e. The lowest BCUT2D eigenvalue weighted by Crippen LogP contribution is -2.37. The van der Waals surface area contributed by atoms with Crippen LogP contribution < -0.4 is 4.90 Å². The summed E-state index contributed by atoms with van der Waals surface area (Å²) >= 11 is 1.55. The summed E-state index contributed by atoms with van der Waals surface area (Å²) in [5.41, 5.74) is 0. The largest absolute Gasteiger partial charge is 0.341 e. The summed E-state index contributed by atoms with van der Waals surface area (Å²) in [6.07, 6.45) is 2.02. The van der Waals surface area contributed by atoms with Crippen molar-refractivity contribution in [1.29, 1.82) is 0 Å². The predicted octanol–water partition coefficient (Wildman–Crippen LogP) is 1.30. The molecule has 6 heteroatoms. The molecular weight excluding hydrogens is 236 g/mol. The van der Waals surface area contributed by atoms with Crippen LogP contribution in [-0.2, 0) is 4.79 Å². The molecule has 2 heterocycles. The van der Waals surface area contributed by atoms with Gasteiger partial charge in [0.25, 0.3) is 0 Å². The fourth-order valence-electron chi connectivity index (χ4n) is 2.00. The Morgan fingerprint density at radius 2 is 2.18 bits per heavy atom. The minimum atomic E-state index is 0.206. The highest BCUT2D eigenvalue weighted by atomic mass is 32.1. The Hall–Kier alpha value is -1.17. The van der Waals surface area contributed by atoms with E-state index in [2.05, 4.69) is 17.1 Å². The number of carbonyl (C=O) groups is 1. The normalized spacial score (nSPS) is 17.4. The lowest BCUT2D eigenvalue weighted by molar-refractivity contribution is -0.129. The highest BCUT2D eigenvalue weighted by Crippen LogP contribution is 2.21. The van der Waals surface area contributed by atoms with E-state index in [1.807, 2.05) is 16.7 Å². The van der Waals surface area contributed by atoms with Crippen molar-refractivity contribution in [1.82, 2.24) is 15.1 Å². The highest BCUT2D eigenvalue weighted by molar-refractivity contribution is 7.15. The Labute approximate surface area is 105 Å². The molecule has 94 valence electrons. The van der Waals surface area contributed by atoms with Gasteiger partial charge in [-0.15, -0.1) is 10.2 Å². The molecule has 2 rings (SSSR count). The van der Waals surface area contributed by atoms with Crippen LogP contribution in [0, 0.1) is 6.92 Å². The van der Waals surface area contributed by atoms with Crippen LogP contribution in [0.1, 0.15) is 24.8 Å². The molecule has 1 aliphatic heterocycles. The van der Waals surface area contributed by atoms with Gasteiger partial charge < -0.3 is 9.80 Å². The van der Waals surface area contributed by atoms with Crippen molar-refractivity contribution in [2.75, 3.05) is 31.1 Å². The molecule has 0 radical (unpaired) electrons. The Kier molecular flexibility index (Phi) is 3.93. The first kappa shape index (κ1) is 12.3. The number of nitrogens with zero attached hydrogens (tertiary/aromatic N) is 4. The van der Waals surface area contributed by atoms with Crippen LogP contribution in [0.25, 0.3) is 0 Å². The van der Waals surface area contributed by atoms with Crippen LogP contribution in [-0.4, -0.2) is 47.2 Å². The minimum Gasteiger partial charge on any atom is -0.341 e. The van der Waals surface area contributed by atoms with Gasteiger partial charge in [0.05, 0.1) is 6.54 Å². The Bertz CT molecular complexity index is 393. The molecular formula is C11H18N4OS. The van der Waals surface area contributed by atoms with Crippen LogP contribution in [0.3, 0.4) is 0 Å². The van der Waals surface area contributed by atoms with Crippen LogP contribution >= 0.6 is 11.3 Å². The van der Waals surface area contributed by atoms with Crippen LogP contribution in [0.2, 0.25) is 0 Å². The van der Waals surface area contributed by atoms with Crippen molar-refractivity contribution >= 4 is 22.4 Å². The average molecular weight is 254 g/mol. The molecule has 0 aromatic carbocycles. The quantitative estimate of drug-likeness (QED) is 0.815. The molecule has 1 aliphatic rings. The summed E-state index contributed by atoms with van der Waals surface area (Å²) in [7, 11) is 0. The van der Waals surface area contributed by atoms with Gasteiger partial charge in [-0.2, -0.15) is 0 Å². The zero-order chi connectivity index (χ0) is 12.3. The second kappa shape index (κ2) is 5.44. The SMILES string of the molecule is CCCN1CCCN(c2nnc(C)s2)CC1=O. The third-order valence-electron chi connectivity index (χ3n) is 2.81. The third kappa shape index (κ3) is 2.94. The van der Waals surface area contributed by atoms with Gasteiger partial charge in [0.2, 0.25) is 11.0 Å². The molecule has 0 bridgehead atoms. The van der Waals surface area contributed by atoms with E-state index < -0.39 is 0 Å². The lowest BCUT2D eigenvalue weighted by atomic mass is 10.3. The fourth-order valence-corrected chi connectivity index (χ4v) is 2.72. The number of amides is 1. The van der Waals surface area contributed by atoms with E-state index in [0.717, 1.165) is 42.6 Å². The van der Waals surface area contributed by atoms with Gasteiger partial charge in [-0.1, -0.05) is 18.3 Å². The Morgan fingerprint density at radius 3 is 2.82 bits per heavy atom. The van der Waals surface area contributed by atoms with Gasteiger partial charge in [0.15, 0.2) is 0 Å². The molecule has 0 N–H and O–H groups in total. The molecule has 5 nitrogen and oxygen atoms in total. The first-order valence-electron chi connectivity index (χ1n) is 6.03. The van der Waals surface area contributed by atoms with Gasteiger partial charge >= 0.3 is 0 Å². The second-order valence-corrected chi connectivity index (χ2v) is 5.42. The topological polar surface area (TPSA) is 49.3 Å². The van der Waals surface area contributed by atoms with E-state index in [4.69, 9.17) is 0 Å². The molecule has 1 aromatic heterocycles. The first-order chi connectivity index (χ1) is 8.20. The number of rotatable bonds is 3.